The Morgan fingerprint density at radius 3 is 2.83 bits per heavy atom. The number of aromatic nitrogens is 2. The summed E-state index contributed by atoms with van der Waals surface area (Å²) in [7, 11) is 1.78. The third-order valence-electron chi connectivity index (χ3n) is 2.63. The molecule has 0 spiro atoms. The molecule has 0 N–H and O–H groups in total. The molecular weight excluding hydrogens is 248 g/mol. The van der Waals surface area contributed by atoms with E-state index in [4.69, 9.17) is 11.6 Å². The van der Waals surface area contributed by atoms with Crippen molar-refractivity contribution in [2.45, 2.75) is 6.92 Å². The van der Waals surface area contributed by atoms with Crippen LogP contribution in [0.15, 0.2) is 36.5 Å². The van der Waals surface area contributed by atoms with Crippen LogP contribution < -0.4 is 0 Å². The van der Waals surface area contributed by atoms with Gasteiger partial charge in [0.1, 0.15) is 0 Å². The topological polar surface area (TPSA) is 34.9 Å². The molecule has 92 valence electrons. The highest BCUT2D eigenvalue weighted by molar-refractivity contribution is 6.31. The van der Waals surface area contributed by atoms with Crippen LogP contribution in [0, 0.1) is 6.92 Å². The average molecular weight is 261 g/mol. The fraction of sp³-hybridized carbons (Fsp3) is 0.143. The van der Waals surface area contributed by atoms with Gasteiger partial charge in [0.15, 0.2) is 5.78 Å². The van der Waals surface area contributed by atoms with Gasteiger partial charge in [-0.1, -0.05) is 35.4 Å². The predicted octanol–water partition coefficient (Wildman–Crippen LogP) is 3.28. The van der Waals surface area contributed by atoms with E-state index < -0.39 is 0 Å². The van der Waals surface area contributed by atoms with Gasteiger partial charge in [0.05, 0.1) is 16.9 Å². The second-order valence-electron chi connectivity index (χ2n) is 4.07. The minimum atomic E-state index is -0.0454. The van der Waals surface area contributed by atoms with Crippen molar-refractivity contribution in [1.82, 2.24) is 9.78 Å². The molecule has 2 aromatic rings. The van der Waals surface area contributed by atoms with Gasteiger partial charge in [-0.25, -0.2) is 0 Å². The fourth-order valence-corrected chi connectivity index (χ4v) is 1.89. The van der Waals surface area contributed by atoms with Crippen LogP contribution in [0.1, 0.15) is 21.6 Å². The Hall–Kier alpha value is -1.87. The molecule has 0 unspecified atom stereocenters. The number of nitrogens with zero attached hydrogens (tertiary/aromatic N) is 2. The highest BCUT2D eigenvalue weighted by Gasteiger charge is 2.05. The van der Waals surface area contributed by atoms with Crippen molar-refractivity contribution in [3.63, 3.8) is 0 Å². The van der Waals surface area contributed by atoms with Crippen molar-refractivity contribution in [1.29, 1.82) is 0 Å². The normalized spacial score (nSPS) is 11.1. The van der Waals surface area contributed by atoms with E-state index in [1.165, 1.54) is 6.08 Å². The van der Waals surface area contributed by atoms with Crippen LogP contribution in [-0.2, 0) is 7.05 Å². The molecule has 3 nitrogen and oxygen atoms in total. The lowest BCUT2D eigenvalue weighted by Crippen LogP contribution is -1.96. The Balaban J connectivity index is 2.22. The van der Waals surface area contributed by atoms with Gasteiger partial charge >= 0.3 is 0 Å². The van der Waals surface area contributed by atoms with Gasteiger partial charge in [-0.05, 0) is 25.1 Å². The van der Waals surface area contributed by atoms with Crippen molar-refractivity contribution >= 4 is 23.5 Å². The molecule has 2 rings (SSSR count). The van der Waals surface area contributed by atoms with Crippen molar-refractivity contribution in [3.8, 4) is 0 Å². The molecule has 1 aromatic heterocycles. The van der Waals surface area contributed by atoms with Gasteiger partial charge in [0.25, 0.3) is 0 Å². The summed E-state index contributed by atoms with van der Waals surface area (Å²) in [6.45, 7) is 1.96. The summed E-state index contributed by atoms with van der Waals surface area (Å²) >= 11 is 5.95. The van der Waals surface area contributed by atoms with Gasteiger partial charge in [-0.3, -0.25) is 9.48 Å². The number of ketones is 1. The zero-order chi connectivity index (χ0) is 13.1. The third kappa shape index (κ3) is 2.68. The van der Waals surface area contributed by atoms with E-state index in [0.717, 1.165) is 11.3 Å². The van der Waals surface area contributed by atoms with Crippen LogP contribution in [0.5, 0.6) is 0 Å². The van der Waals surface area contributed by atoms with Crippen LogP contribution in [-0.4, -0.2) is 15.6 Å². The molecule has 0 aliphatic carbocycles. The molecule has 4 heteroatoms. The molecule has 0 saturated heterocycles. The number of hydrogen-bond acceptors (Lipinski definition) is 2. The SMILES string of the molecule is Cc1cccc(C(=O)/C=C/c2c(Cl)cnn2C)c1. The molecule has 0 saturated carbocycles. The minimum absolute atomic E-state index is 0.0454. The van der Waals surface area contributed by atoms with Gasteiger partial charge in [0, 0.05) is 12.6 Å². The molecule has 0 aliphatic heterocycles. The number of rotatable bonds is 3. The number of allylic oxidation sites excluding steroid dienone is 1. The second-order valence-corrected chi connectivity index (χ2v) is 4.48. The summed E-state index contributed by atoms with van der Waals surface area (Å²) in [6.07, 6.45) is 4.75. The maximum absolute atomic E-state index is 12.0. The average Bonchev–Trinajstić information content (AvgIpc) is 2.66. The van der Waals surface area contributed by atoms with Crippen LogP contribution >= 0.6 is 11.6 Å². The van der Waals surface area contributed by atoms with Crippen LogP contribution in [0.25, 0.3) is 6.08 Å². The summed E-state index contributed by atoms with van der Waals surface area (Å²) in [5.74, 6) is -0.0454. The molecule has 1 heterocycles. The Kier molecular flexibility index (Phi) is 3.63. The molecule has 0 bridgehead atoms. The summed E-state index contributed by atoms with van der Waals surface area (Å²) in [5, 5.41) is 4.54. The first kappa shape index (κ1) is 12.6. The number of hydrogen-bond donors (Lipinski definition) is 0. The van der Waals surface area contributed by atoms with E-state index in [0.29, 0.717) is 10.6 Å². The highest BCUT2D eigenvalue weighted by Crippen LogP contribution is 2.16. The van der Waals surface area contributed by atoms with E-state index in [2.05, 4.69) is 5.10 Å². The lowest BCUT2D eigenvalue weighted by Gasteiger charge is -1.98. The first-order valence-electron chi connectivity index (χ1n) is 5.54. The number of aryl methyl sites for hydroxylation is 2. The molecule has 0 radical (unpaired) electrons. The van der Waals surface area contributed by atoms with Gasteiger partial charge in [0.2, 0.25) is 0 Å². The molecule has 18 heavy (non-hydrogen) atoms. The van der Waals surface area contributed by atoms with Crippen LogP contribution in [0.4, 0.5) is 0 Å². The quantitative estimate of drug-likeness (QED) is 0.627. The molecular formula is C14H13ClN2O. The lowest BCUT2D eigenvalue weighted by atomic mass is 10.1. The second kappa shape index (κ2) is 5.19. The maximum atomic E-state index is 12.0. The summed E-state index contributed by atoms with van der Waals surface area (Å²) in [5.41, 5.74) is 2.45. The molecule has 0 atom stereocenters. The maximum Gasteiger partial charge on any atom is 0.185 e. The zero-order valence-electron chi connectivity index (χ0n) is 10.2. The van der Waals surface area contributed by atoms with Gasteiger partial charge in [-0.2, -0.15) is 5.10 Å². The van der Waals surface area contributed by atoms with Crippen molar-refractivity contribution in [2.24, 2.45) is 7.05 Å². The van der Waals surface area contributed by atoms with E-state index in [-0.39, 0.29) is 5.78 Å². The number of carbonyl (C=O) groups is 1. The van der Waals surface area contributed by atoms with Crippen LogP contribution in [0.3, 0.4) is 0 Å². The smallest absolute Gasteiger partial charge is 0.185 e. The van der Waals surface area contributed by atoms with Crippen LogP contribution in [0.2, 0.25) is 5.02 Å². The Labute approximate surface area is 111 Å². The molecule has 0 amide bonds. The molecule has 0 aliphatic rings. The summed E-state index contributed by atoms with van der Waals surface area (Å²) in [6, 6.07) is 7.48. The number of halogens is 1. The Morgan fingerprint density at radius 2 is 2.22 bits per heavy atom. The fourth-order valence-electron chi connectivity index (χ4n) is 1.66. The largest absolute Gasteiger partial charge is 0.289 e. The van der Waals surface area contributed by atoms with E-state index >= 15 is 0 Å². The van der Waals surface area contributed by atoms with E-state index in [1.54, 1.807) is 30.1 Å². The van der Waals surface area contributed by atoms with Gasteiger partial charge in [-0.15, -0.1) is 0 Å². The Morgan fingerprint density at radius 1 is 1.44 bits per heavy atom. The van der Waals surface area contributed by atoms with Crippen molar-refractivity contribution in [3.05, 3.63) is 58.4 Å². The number of carbonyl (C=O) groups excluding carboxylic acids is 1. The first-order valence-corrected chi connectivity index (χ1v) is 5.92. The predicted molar refractivity (Wildman–Crippen MR) is 72.8 cm³/mol. The van der Waals surface area contributed by atoms with E-state index in [1.807, 2.05) is 25.1 Å². The minimum Gasteiger partial charge on any atom is -0.289 e. The zero-order valence-corrected chi connectivity index (χ0v) is 11.0. The van der Waals surface area contributed by atoms with Crippen molar-refractivity contribution in [2.75, 3.05) is 0 Å². The van der Waals surface area contributed by atoms with E-state index in [9.17, 15) is 4.79 Å². The summed E-state index contributed by atoms with van der Waals surface area (Å²) in [4.78, 5) is 12.0. The summed E-state index contributed by atoms with van der Waals surface area (Å²) < 4.78 is 1.63. The Bertz CT molecular complexity index is 595. The molecule has 0 fully saturated rings. The monoisotopic (exact) mass is 260 g/mol. The molecule has 1 aromatic carbocycles. The highest BCUT2D eigenvalue weighted by atomic mass is 35.5. The van der Waals surface area contributed by atoms with Gasteiger partial charge < -0.3 is 0 Å². The third-order valence-corrected chi connectivity index (χ3v) is 2.92. The number of benzene rings is 1. The lowest BCUT2D eigenvalue weighted by molar-refractivity contribution is 0.104. The first-order chi connectivity index (χ1) is 8.58. The van der Waals surface area contributed by atoms with Crippen molar-refractivity contribution < 1.29 is 4.79 Å². The standard InChI is InChI=1S/C14H13ClN2O/c1-10-4-3-5-11(8-10)14(18)7-6-13-12(15)9-16-17(13)2/h3-9H,1-2H3/b7-6+.